The highest BCUT2D eigenvalue weighted by molar-refractivity contribution is 6.30. The molecule has 1 aromatic carbocycles. The molecule has 0 atom stereocenters. The number of anilines is 2. The molecule has 3 rings (SSSR count). The largest absolute Gasteiger partial charge is 0.368 e. The predicted octanol–water partition coefficient (Wildman–Crippen LogP) is 2.91. The molecule has 1 N–H and O–H groups in total. The van der Waals surface area contributed by atoms with E-state index in [1.54, 1.807) is 12.3 Å². The van der Waals surface area contributed by atoms with Crippen molar-refractivity contribution >= 4 is 29.1 Å². The minimum absolute atomic E-state index is 0.0484. The lowest BCUT2D eigenvalue weighted by Gasteiger charge is -2.36. The van der Waals surface area contributed by atoms with E-state index in [2.05, 4.69) is 27.1 Å². The SMILES string of the molecule is CCCNc1nccc(C(=O)N2CCN(c3cccc(Cl)c3)CC2)n1. The van der Waals surface area contributed by atoms with Gasteiger partial charge in [-0.05, 0) is 30.7 Å². The van der Waals surface area contributed by atoms with Crippen LogP contribution in [-0.2, 0) is 0 Å². The third kappa shape index (κ3) is 4.39. The molecule has 25 heavy (non-hydrogen) atoms. The van der Waals surface area contributed by atoms with E-state index in [-0.39, 0.29) is 5.91 Å². The smallest absolute Gasteiger partial charge is 0.272 e. The van der Waals surface area contributed by atoms with Gasteiger partial charge in [0.25, 0.3) is 5.91 Å². The topological polar surface area (TPSA) is 61.4 Å². The van der Waals surface area contributed by atoms with Gasteiger partial charge in [0.1, 0.15) is 5.69 Å². The van der Waals surface area contributed by atoms with Gasteiger partial charge in [0, 0.05) is 49.6 Å². The summed E-state index contributed by atoms with van der Waals surface area (Å²) < 4.78 is 0. The van der Waals surface area contributed by atoms with Crippen LogP contribution in [0.25, 0.3) is 0 Å². The molecule has 132 valence electrons. The summed E-state index contributed by atoms with van der Waals surface area (Å²) in [6.07, 6.45) is 2.60. The molecule has 1 fully saturated rings. The van der Waals surface area contributed by atoms with E-state index in [4.69, 9.17) is 11.6 Å². The first-order valence-corrected chi connectivity index (χ1v) is 8.92. The molecule has 1 aromatic heterocycles. The van der Waals surface area contributed by atoms with Crippen molar-refractivity contribution in [2.24, 2.45) is 0 Å². The van der Waals surface area contributed by atoms with Gasteiger partial charge in [-0.25, -0.2) is 9.97 Å². The molecule has 0 radical (unpaired) electrons. The summed E-state index contributed by atoms with van der Waals surface area (Å²) in [5, 5.41) is 3.84. The Morgan fingerprint density at radius 2 is 2.04 bits per heavy atom. The third-order valence-electron chi connectivity index (χ3n) is 4.15. The maximum Gasteiger partial charge on any atom is 0.272 e. The summed E-state index contributed by atoms with van der Waals surface area (Å²) in [5.74, 6) is 0.456. The highest BCUT2D eigenvalue weighted by atomic mass is 35.5. The van der Waals surface area contributed by atoms with Crippen molar-refractivity contribution in [1.82, 2.24) is 14.9 Å². The summed E-state index contributed by atoms with van der Waals surface area (Å²) in [7, 11) is 0. The van der Waals surface area contributed by atoms with Crippen LogP contribution in [0, 0.1) is 0 Å². The van der Waals surface area contributed by atoms with Gasteiger partial charge in [-0.3, -0.25) is 4.79 Å². The number of aromatic nitrogens is 2. The van der Waals surface area contributed by atoms with Gasteiger partial charge in [0.15, 0.2) is 0 Å². The fourth-order valence-corrected chi connectivity index (χ4v) is 2.99. The van der Waals surface area contributed by atoms with Gasteiger partial charge in [0.2, 0.25) is 5.95 Å². The monoisotopic (exact) mass is 359 g/mol. The Hall–Kier alpha value is -2.34. The molecular weight excluding hydrogens is 338 g/mol. The molecule has 1 amide bonds. The number of rotatable bonds is 5. The average Bonchev–Trinajstić information content (AvgIpc) is 2.66. The van der Waals surface area contributed by atoms with Crippen molar-refractivity contribution in [3.63, 3.8) is 0 Å². The van der Waals surface area contributed by atoms with Crippen LogP contribution in [0.2, 0.25) is 5.02 Å². The second kappa shape index (κ2) is 8.16. The van der Waals surface area contributed by atoms with E-state index in [1.165, 1.54) is 0 Å². The number of benzene rings is 1. The number of hydrogen-bond acceptors (Lipinski definition) is 5. The zero-order valence-electron chi connectivity index (χ0n) is 14.3. The van der Waals surface area contributed by atoms with Crippen molar-refractivity contribution in [3.8, 4) is 0 Å². The molecule has 7 heteroatoms. The van der Waals surface area contributed by atoms with Crippen molar-refractivity contribution < 1.29 is 4.79 Å². The lowest BCUT2D eigenvalue weighted by Crippen LogP contribution is -2.49. The van der Waals surface area contributed by atoms with E-state index in [0.29, 0.717) is 24.7 Å². The van der Waals surface area contributed by atoms with Crippen molar-refractivity contribution in [1.29, 1.82) is 0 Å². The van der Waals surface area contributed by atoms with Crippen LogP contribution in [0.3, 0.4) is 0 Å². The standard InChI is InChI=1S/C18H22ClN5O/c1-2-7-20-18-21-8-6-16(22-18)17(25)24-11-9-23(10-12-24)15-5-3-4-14(19)13-15/h3-6,8,13H,2,7,9-12H2,1H3,(H,20,21,22). The molecule has 6 nitrogen and oxygen atoms in total. The van der Waals surface area contributed by atoms with Crippen LogP contribution in [0.5, 0.6) is 0 Å². The number of amides is 1. The van der Waals surface area contributed by atoms with Crippen LogP contribution < -0.4 is 10.2 Å². The molecule has 0 unspecified atom stereocenters. The minimum Gasteiger partial charge on any atom is -0.368 e. The van der Waals surface area contributed by atoms with Gasteiger partial charge < -0.3 is 15.1 Å². The van der Waals surface area contributed by atoms with E-state index < -0.39 is 0 Å². The van der Waals surface area contributed by atoms with E-state index in [9.17, 15) is 4.79 Å². The van der Waals surface area contributed by atoms with Gasteiger partial charge in [-0.15, -0.1) is 0 Å². The predicted molar refractivity (Wildman–Crippen MR) is 100 cm³/mol. The minimum atomic E-state index is -0.0484. The van der Waals surface area contributed by atoms with Crippen molar-refractivity contribution in [2.45, 2.75) is 13.3 Å². The maximum atomic E-state index is 12.7. The zero-order chi connectivity index (χ0) is 17.6. The Morgan fingerprint density at radius 3 is 2.76 bits per heavy atom. The number of piperazine rings is 1. The fourth-order valence-electron chi connectivity index (χ4n) is 2.80. The normalized spacial score (nSPS) is 14.5. The molecule has 1 aliphatic heterocycles. The number of halogens is 1. The molecule has 0 spiro atoms. The lowest BCUT2D eigenvalue weighted by atomic mass is 10.2. The van der Waals surface area contributed by atoms with E-state index >= 15 is 0 Å². The summed E-state index contributed by atoms with van der Waals surface area (Å²) in [6, 6.07) is 9.47. The summed E-state index contributed by atoms with van der Waals surface area (Å²) in [6.45, 7) is 5.73. The fraction of sp³-hybridized carbons (Fsp3) is 0.389. The summed E-state index contributed by atoms with van der Waals surface area (Å²) in [4.78, 5) is 25.3. The number of nitrogens with zero attached hydrogens (tertiary/aromatic N) is 4. The van der Waals surface area contributed by atoms with Gasteiger partial charge in [-0.1, -0.05) is 24.6 Å². The van der Waals surface area contributed by atoms with Crippen molar-refractivity contribution in [3.05, 3.63) is 47.2 Å². The van der Waals surface area contributed by atoms with Crippen LogP contribution >= 0.6 is 11.6 Å². The number of carbonyl (C=O) groups is 1. The summed E-state index contributed by atoms with van der Waals surface area (Å²) >= 11 is 6.06. The molecule has 0 aliphatic carbocycles. The maximum absolute atomic E-state index is 12.7. The second-order valence-electron chi connectivity index (χ2n) is 5.95. The van der Waals surface area contributed by atoms with E-state index in [0.717, 1.165) is 36.8 Å². The van der Waals surface area contributed by atoms with Gasteiger partial charge in [-0.2, -0.15) is 0 Å². The highest BCUT2D eigenvalue weighted by Gasteiger charge is 2.23. The van der Waals surface area contributed by atoms with Crippen LogP contribution in [0.1, 0.15) is 23.8 Å². The molecular formula is C18H22ClN5O. The molecule has 2 heterocycles. The zero-order valence-corrected chi connectivity index (χ0v) is 15.0. The van der Waals surface area contributed by atoms with Crippen molar-refractivity contribution in [2.75, 3.05) is 42.9 Å². The Morgan fingerprint density at radius 1 is 1.24 bits per heavy atom. The highest BCUT2D eigenvalue weighted by Crippen LogP contribution is 2.21. The van der Waals surface area contributed by atoms with Crippen LogP contribution in [-0.4, -0.2) is 53.5 Å². The molecule has 1 aliphatic rings. The first kappa shape index (κ1) is 17.5. The number of nitrogens with one attached hydrogen (secondary N) is 1. The summed E-state index contributed by atoms with van der Waals surface area (Å²) in [5.41, 5.74) is 1.53. The molecule has 1 saturated heterocycles. The Balaban J connectivity index is 1.61. The molecule has 0 saturated carbocycles. The number of hydrogen-bond donors (Lipinski definition) is 1. The first-order chi connectivity index (χ1) is 12.2. The Kier molecular flexibility index (Phi) is 5.71. The van der Waals surface area contributed by atoms with E-state index in [1.807, 2.05) is 29.2 Å². The Bertz CT molecular complexity index is 731. The van der Waals surface area contributed by atoms with Crippen LogP contribution in [0.4, 0.5) is 11.6 Å². The first-order valence-electron chi connectivity index (χ1n) is 8.54. The number of carbonyl (C=O) groups excluding carboxylic acids is 1. The van der Waals surface area contributed by atoms with Gasteiger partial charge >= 0.3 is 0 Å². The molecule has 0 bridgehead atoms. The third-order valence-corrected chi connectivity index (χ3v) is 4.38. The quantitative estimate of drug-likeness (QED) is 0.889. The average molecular weight is 360 g/mol. The van der Waals surface area contributed by atoms with Gasteiger partial charge in [0.05, 0.1) is 0 Å². The van der Waals surface area contributed by atoms with Crippen LogP contribution in [0.15, 0.2) is 36.5 Å². The lowest BCUT2D eigenvalue weighted by molar-refractivity contribution is 0.0741. The second-order valence-corrected chi connectivity index (χ2v) is 6.39. The molecule has 2 aromatic rings. The Labute approximate surface area is 152 Å².